The highest BCUT2D eigenvalue weighted by Crippen LogP contribution is 2.38. The van der Waals surface area contributed by atoms with Gasteiger partial charge < -0.3 is 5.11 Å². The molecule has 0 radical (unpaired) electrons. The first-order valence-corrected chi connectivity index (χ1v) is 8.99. The van der Waals surface area contributed by atoms with Gasteiger partial charge >= 0.3 is 0 Å². The van der Waals surface area contributed by atoms with Gasteiger partial charge in [-0.3, -0.25) is 9.78 Å². The summed E-state index contributed by atoms with van der Waals surface area (Å²) in [7, 11) is 0. The molecule has 0 aliphatic heterocycles. The molecule has 0 saturated carbocycles. The van der Waals surface area contributed by atoms with Crippen molar-refractivity contribution in [2.75, 3.05) is 0 Å². The van der Waals surface area contributed by atoms with Crippen LogP contribution >= 0.6 is 23.8 Å². The molecule has 1 aromatic heterocycles. The fraction of sp³-hybridized carbons (Fsp3) is 0.556. The zero-order chi connectivity index (χ0) is 18.0. The van der Waals surface area contributed by atoms with Crippen molar-refractivity contribution in [1.29, 1.82) is 0 Å². The van der Waals surface area contributed by atoms with Gasteiger partial charge in [-0.25, -0.2) is 4.98 Å². The van der Waals surface area contributed by atoms with E-state index in [9.17, 15) is 5.11 Å². The number of hydrogen-bond acceptors (Lipinski definition) is 3. The van der Waals surface area contributed by atoms with E-state index >= 15 is 0 Å². The third kappa shape index (κ3) is 4.47. The molecule has 0 spiro atoms. The Hall–Kier alpha value is -1.17. The van der Waals surface area contributed by atoms with Crippen LogP contribution in [0.25, 0.3) is 0 Å². The van der Waals surface area contributed by atoms with E-state index < -0.39 is 5.60 Å². The first-order chi connectivity index (χ1) is 11.1. The third-order valence-corrected chi connectivity index (χ3v) is 5.44. The Kier molecular flexibility index (Phi) is 5.89. The van der Waals surface area contributed by atoms with Crippen LogP contribution < -0.4 is 0 Å². The van der Waals surface area contributed by atoms with Crippen LogP contribution in [0.3, 0.4) is 0 Å². The third-order valence-electron chi connectivity index (χ3n) is 4.87. The lowest BCUT2D eigenvalue weighted by molar-refractivity contribution is -0.0822. The van der Waals surface area contributed by atoms with E-state index in [0.717, 1.165) is 11.4 Å². The number of aliphatic hydroxyl groups is 1. The number of halogens is 1. The minimum absolute atomic E-state index is 0.285. The van der Waals surface area contributed by atoms with Crippen LogP contribution in [0.2, 0.25) is 5.02 Å². The molecule has 24 heavy (non-hydrogen) atoms. The van der Waals surface area contributed by atoms with Crippen LogP contribution in [0.1, 0.15) is 52.0 Å². The molecule has 4 nitrogen and oxygen atoms in total. The van der Waals surface area contributed by atoms with Crippen LogP contribution in [-0.2, 0) is 6.54 Å². The number of aromatic nitrogens is 3. The fourth-order valence-corrected chi connectivity index (χ4v) is 3.05. The van der Waals surface area contributed by atoms with E-state index in [1.54, 1.807) is 11.0 Å². The van der Waals surface area contributed by atoms with Crippen LogP contribution in [0.4, 0.5) is 0 Å². The molecule has 0 aliphatic carbocycles. The maximum Gasteiger partial charge on any atom is 0.215 e. The van der Waals surface area contributed by atoms with Crippen molar-refractivity contribution >= 4 is 23.8 Å². The average molecular weight is 368 g/mol. The highest BCUT2D eigenvalue weighted by Gasteiger charge is 2.40. The summed E-state index contributed by atoms with van der Waals surface area (Å²) in [5.74, 6) is 0.339. The van der Waals surface area contributed by atoms with Crippen LogP contribution in [0.5, 0.6) is 0 Å². The fourth-order valence-electron chi connectivity index (χ4n) is 2.76. The zero-order valence-corrected chi connectivity index (χ0v) is 16.3. The largest absolute Gasteiger partial charge is 0.387 e. The monoisotopic (exact) mass is 367 g/mol. The number of hydrogen-bond donors (Lipinski definition) is 2. The van der Waals surface area contributed by atoms with Gasteiger partial charge in [0.2, 0.25) is 4.77 Å². The Labute approximate surface area is 153 Å². The predicted molar refractivity (Wildman–Crippen MR) is 101 cm³/mol. The molecule has 1 heterocycles. The van der Waals surface area contributed by atoms with Crippen LogP contribution in [-0.4, -0.2) is 25.5 Å². The molecular weight excluding hydrogens is 342 g/mol. The summed E-state index contributed by atoms with van der Waals surface area (Å²) >= 11 is 11.2. The molecule has 2 aromatic rings. The molecule has 6 heteroatoms. The SMILES string of the molecule is CC(CCC(O)(Cn1[nH]cnc1=S)C(C)(C)C)c1ccc(Cl)cc1. The molecule has 0 amide bonds. The Bertz CT molecular complexity index is 717. The molecule has 132 valence electrons. The van der Waals surface area contributed by atoms with Gasteiger partial charge in [-0.05, 0) is 54.1 Å². The first-order valence-electron chi connectivity index (χ1n) is 8.20. The van der Waals surface area contributed by atoms with E-state index in [1.807, 2.05) is 24.3 Å². The summed E-state index contributed by atoms with van der Waals surface area (Å²) in [6.45, 7) is 8.75. The number of H-pyrrole nitrogens is 1. The van der Waals surface area contributed by atoms with E-state index in [4.69, 9.17) is 23.8 Å². The lowest BCUT2D eigenvalue weighted by Crippen LogP contribution is -2.47. The maximum absolute atomic E-state index is 11.3. The number of rotatable bonds is 6. The average Bonchev–Trinajstić information content (AvgIpc) is 2.89. The second kappa shape index (κ2) is 7.38. The molecule has 2 N–H and O–H groups in total. The number of benzene rings is 1. The van der Waals surface area contributed by atoms with E-state index in [2.05, 4.69) is 37.8 Å². The number of nitrogens with one attached hydrogen (secondary N) is 1. The second-order valence-corrected chi connectivity index (χ2v) is 8.33. The number of nitrogens with zero attached hydrogens (tertiary/aromatic N) is 2. The molecule has 2 atom stereocenters. The standard InChI is InChI=1S/C18H26ClN3OS/c1-13(14-5-7-15(19)8-6-14)9-10-18(23,17(2,3)4)11-22-16(24)20-12-21-22/h5-8,12-13,23H,9-11H2,1-4H3,(H,20,21,24). The van der Waals surface area contributed by atoms with Crippen LogP contribution in [0, 0.1) is 10.2 Å². The molecule has 0 bridgehead atoms. The van der Waals surface area contributed by atoms with Crippen molar-refractivity contribution in [3.05, 3.63) is 45.9 Å². The van der Waals surface area contributed by atoms with Gasteiger partial charge in [0.25, 0.3) is 0 Å². The molecule has 2 unspecified atom stereocenters. The van der Waals surface area contributed by atoms with Crippen molar-refractivity contribution in [2.24, 2.45) is 5.41 Å². The summed E-state index contributed by atoms with van der Waals surface area (Å²) in [6, 6.07) is 7.92. The summed E-state index contributed by atoms with van der Waals surface area (Å²) in [4.78, 5) is 4.03. The molecule has 0 fully saturated rings. The summed E-state index contributed by atoms with van der Waals surface area (Å²) in [6.07, 6.45) is 3.10. The Morgan fingerprint density at radius 3 is 2.42 bits per heavy atom. The van der Waals surface area contributed by atoms with Gasteiger partial charge in [-0.15, -0.1) is 0 Å². The molecule has 0 aliphatic rings. The Morgan fingerprint density at radius 2 is 1.92 bits per heavy atom. The molecule has 2 rings (SSSR count). The van der Waals surface area contributed by atoms with Gasteiger partial charge in [0.1, 0.15) is 6.33 Å². The Morgan fingerprint density at radius 1 is 1.29 bits per heavy atom. The van der Waals surface area contributed by atoms with Gasteiger partial charge in [0.05, 0.1) is 12.1 Å². The second-order valence-electron chi connectivity index (χ2n) is 7.53. The van der Waals surface area contributed by atoms with Gasteiger partial charge in [-0.1, -0.05) is 51.4 Å². The predicted octanol–water partition coefficient (Wildman–Crippen LogP) is 4.96. The number of aromatic amines is 1. The molecular formula is C18H26ClN3OS. The van der Waals surface area contributed by atoms with E-state index in [0.29, 0.717) is 23.7 Å². The highest BCUT2D eigenvalue weighted by molar-refractivity contribution is 7.71. The van der Waals surface area contributed by atoms with Crippen LogP contribution in [0.15, 0.2) is 30.6 Å². The van der Waals surface area contributed by atoms with Crippen molar-refractivity contribution in [3.8, 4) is 0 Å². The summed E-state index contributed by atoms with van der Waals surface area (Å²) < 4.78 is 2.19. The van der Waals surface area contributed by atoms with E-state index in [-0.39, 0.29) is 5.41 Å². The van der Waals surface area contributed by atoms with Crippen molar-refractivity contribution < 1.29 is 5.11 Å². The summed E-state index contributed by atoms with van der Waals surface area (Å²) in [5, 5.41) is 15.1. The topological polar surface area (TPSA) is 53.8 Å². The van der Waals surface area contributed by atoms with Crippen molar-refractivity contribution in [1.82, 2.24) is 14.8 Å². The van der Waals surface area contributed by atoms with E-state index in [1.165, 1.54) is 5.56 Å². The Balaban J connectivity index is 2.13. The quantitative estimate of drug-likeness (QED) is 0.710. The van der Waals surface area contributed by atoms with Gasteiger partial charge in [-0.2, -0.15) is 0 Å². The summed E-state index contributed by atoms with van der Waals surface area (Å²) in [5.41, 5.74) is 0.0548. The zero-order valence-electron chi connectivity index (χ0n) is 14.7. The van der Waals surface area contributed by atoms with Gasteiger partial charge in [0.15, 0.2) is 0 Å². The lowest BCUT2D eigenvalue weighted by atomic mass is 9.72. The van der Waals surface area contributed by atoms with Crippen molar-refractivity contribution in [2.45, 2.75) is 58.6 Å². The molecule has 0 saturated heterocycles. The first kappa shape index (κ1) is 19.2. The minimum Gasteiger partial charge on any atom is -0.387 e. The van der Waals surface area contributed by atoms with Gasteiger partial charge in [0, 0.05) is 5.02 Å². The van der Waals surface area contributed by atoms with Crippen molar-refractivity contribution in [3.63, 3.8) is 0 Å². The highest BCUT2D eigenvalue weighted by atomic mass is 35.5. The molecule has 1 aromatic carbocycles. The maximum atomic E-state index is 11.3. The lowest BCUT2D eigenvalue weighted by Gasteiger charge is -2.41. The smallest absolute Gasteiger partial charge is 0.215 e. The minimum atomic E-state index is -0.890. The normalized spacial score (nSPS) is 15.9.